The average molecular weight is 435 g/mol. The van der Waals surface area contributed by atoms with Gasteiger partial charge in [-0.15, -0.1) is 0 Å². The lowest BCUT2D eigenvalue weighted by Gasteiger charge is -2.55. The predicted molar refractivity (Wildman–Crippen MR) is 120 cm³/mol. The van der Waals surface area contributed by atoms with Crippen LogP contribution in [0.15, 0.2) is 36.7 Å². The summed E-state index contributed by atoms with van der Waals surface area (Å²) in [5.74, 6) is 2.38. The van der Waals surface area contributed by atoms with E-state index in [1.165, 1.54) is 19.3 Å². The molecule has 4 bridgehead atoms. The van der Waals surface area contributed by atoms with Crippen LogP contribution in [-0.4, -0.2) is 33.7 Å². The van der Waals surface area contributed by atoms with Crippen molar-refractivity contribution in [3.63, 3.8) is 0 Å². The summed E-state index contributed by atoms with van der Waals surface area (Å²) in [4.78, 5) is 41.9. The van der Waals surface area contributed by atoms with Gasteiger partial charge in [0, 0.05) is 49.1 Å². The van der Waals surface area contributed by atoms with E-state index >= 15 is 0 Å². The van der Waals surface area contributed by atoms with E-state index in [1.54, 1.807) is 48.3 Å². The Bertz CT molecular complexity index is 1000. The standard InChI is InChI=1S/C25H30N4O3/c1-29-9-8-26-23(29)22(31)19-2-4-20(5-3-19)28-21(30)6-7-27-24(32)25-13-16-10-17(14-25)12-18(11-16)15-25/h2-5,8-9,16-18H,6-7,10-15H2,1H3,(H,27,32)(H,28,30). The molecule has 0 atom stereocenters. The molecule has 2 N–H and O–H groups in total. The van der Waals surface area contributed by atoms with Crippen LogP contribution in [0.3, 0.4) is 0 Å². The lowest BCUT2D eigenvalue weighted by Crippen LogP contribution is -2.53. The second kappa shape index (κ2) is 8.19. The van der Waals surface area contributed by atoms with Gasteiger partial charge in [0.1, 0.15) is 0 Å². The molecular formula is C25H30N4O3. The van der Waals surface area contributed by atoms with Gasteiger partial charge in [-0.1, -0.05) is 0 Å². The number of amides is 2. The first-order valence-electron chi connectivity index (χ1n) is 11.6. The Morgan fingerprint density at radius 2 is 1.66 bits per heavy atom. The third-order valence-corrected chi connectivity index (χ3v) is 7.61. The van der Waals surface area contributed by atoms with E-state index in [0.29, 0.717) is 23.6 Å². The summed E-state index contributed by atoms with van der Waals surface area (Å²) in [5.41, 5.74) is 0.958. The van der Waals surface area contributed by atoms with Gasteiger partial charge in [0.15, 0.2) is 5.82 Å². The Kier molecular flexibility index (Phi) is 5.35. The lowest BCUT2D eigenvalue weighted by molar-refractivity contribution is -0.146. The van der Waals surface area contributed by atoms with Crippen molar-refractivity contribution in [3.8, 4) is 0 Å². The number of ketones is 1. The first-order chi connectivity index (χ1) is 15.4. The van der Waals surface area contributed by atoms with E-state index in [9.17, 15) is 14.4 Å². The molecule has 0 saturated heterocycles. The number of nitrogens with one attached hydrogen (secondary N) is 2. The monoisotopic (exact) mass is 434 g/mol. The minimum Gasteiger partial charge on any atom is -0.355 e. The summed E-state index contributed by atoms with van der Waals surface area (Å²) in [6.07, 6.45) is 10.5. The maximum absolute atomic E-state index is 13.0. The summed E-state index contributed by atoms with van der Waals surface area (Å²) < 4.78 is 1.68. The smallest absolute Gasteiger partial charge is 0.228 e. The van der Waals surface area contributed by atoms with Crippen LogP contribution in [0.5, 0.6) is 0 Å². The minimum atomic E-state index is -0.180. The molecule has 7 nitrogen and oxygen atoms in total. The fraction of sp³-hybridized carbons (Fsp3) is 0.520. The summed E-state index contributed by atoms with van der Waals surface area (Å²) in [5, 5.41) is 5.89. The summed E-state index contributed by atoms with van der Waals surface area (Å²) in [7, 11) is 1.77. The normalized spacial score (nSPS) is 27.8. The number of carbonyl (C=O) groups is 3. The van der Waals surface area contributed by atoms with E-state index in [-0.39, 0.29) is 29.4 Å². The van der Waals surface area contributed by atoms with Gasteiger partial charge in [-0.25, -0.2) is 4.98 Å². The number of hydrogen-bond acceptors (Lipinski definition) is 4. The number of hydrogen-bond donors (Lipinski definition) is 2. The number of nitrogens with zero attached hydrogens (tertiary/aromatic N) is 2. The highest BCUT2D eigenvalue weighted by Crippen LogP contribution is 2.60. The van der Waals surface area contributed by atoms with Gasteiger partial charge < -0.3 is 15.2 Å². The number of rotatable bonds is 7. The maximum Gasteiger partial charge on any atom is 0.228 e. The highest BCUT2D eigenvalue weighted by atomic mass is 16.2. The van der Waals surface area contributed by atoms with Gasteiger partial charge >= 0.3 is 0 Å². The van der Waals surface area contributed by atoms with E-state index in [0.717, 1.165) is 37.0 Å². The number of carbonyl (C=O) groups excluding carboxylic acids is 3. The molecule has 6 rings (SSSR count). The minimum absolute atomic E-state index is 0.154. The van der Waals surface area contributed by atoms with E-state index in [4.69, 9.17) is 0 Å². The molecule has 1 aromatic carbocycles. The van der Waals surface area contributed by atoms with Crippen LogP contribution < -0.4 is 10.6 Å². The molecule has 1 aromatic heterocycles. The fourth-order valence-corrected chi connectivity index (χ4v) is 6.51. The molecule has 4 fully saturated rings. The first-order valence-corrected chi connectivity index (χ1v) is 11.6. The molecule has 0 unspecified atom stereocenters. The summed E-state index contributed by atoms with van der Waals surface area (Å²) >= 11 is 0. The maximum atomic E-state index is 13.0. The van der Waals surface area contributed by atoms with Crippen molar-refractivity contribution >= 4 is 23.3 Å². The van der Waals surface area contributed by atoms with Gasteiger partial charge in [-0.2, -0.15) is 0 Å². The van der Waals surface area contributed by atoms with Crippen LogP contribution >= 0.6 is 0 Å². The van der Waals surface area contributed by atoms with Crippen molar-refractivity contribution in [3.05, 3.63) is 48.0 Å². The Hall–Kier alpha value is -2.96. The topological polar surface area (TPSA) is 93.1 Å². The highest BCUT2D eigenvalue weighted by Gasteiger charge is 2.54. The van der Waals surface area contributed by atoms with E-state index in [2.05, 4.69) is 15.6 Å². The largest absolute Gasteiger partial charge is 0.355 e. The van der Waals surface area contributed by atoms with Crippen LogP contribution in [0.4, 0.5) is 5.69 Å². The lowest BCUT2D eigenvalue weighted by atomic mass is 9.49. The van der Waals surface area contributed by atoms with Crippen molar-refractivity contribution in [2.24, 2.45) is 30.2 Å². The van der Waals surface area contributed by atoms with Crippen molar-refractivity contribution in [2.45, 2.75) is 44.9 Å². The molecule has 0 spiro atoms. The second-order valence-electron chi connectivity index (χ2n) is 10.0. The van der Waals surface area contributed by atoms with Gasteiger partial charge in [0.2, 0.25) is 17.6 Å². The molecule has 168 valence electrons. The zero-order valence-corrected chi connectivity index (χ0v) is 18.5. The molecule has 4 saturated carbocycles. The summed E-state index contributed by atoms with van der Waals surface area (Å²) in [6.45, 7) is 0.349. The van der Waals surface area contributed by atoms with Crippen LogP contribution in [0.2, 0.25) is 0 Å². The molecule has 7 heteroatoms. The molecule has 32 heavy (non-hydrogen) atoms. The molecule has 2 amide bonds. The molecule has 4 aliphatic carbocycles. The Morgan fingerprint density at radius 1 is 1.03 bits per heavy atom. The Balaban J connectivity index is 1.10. The number of aromatic nitrogens is 2. The quantitative estimate of drug-likeness (QED) is 0.654. The molecule has 1 heterocycles. The number of benzene rings is 1. The predicted octanol–water partition coefficient (Wildman–Crippen LogP) is 3.31. The fourth-order valence-electron chi connectivity index (χ4n) is 6.51. The van der Waals surface area contributed by atoms with Crippen molar-refractivity contribution in [1.82, 2.24) is 14.9 Å². The third-order valence-electron chi connectivity index (χ3n) is 7.61. The second-order valence-corrected chi connectivity index (χ2v) is 10.0. The van der Waals surface area contributed by atoms with Gasteiger partial charge in [0.05, 0.1) is 0 Å². The molecular weight excluding hydrogens is 404 g/mol. The van der Waals surface area contributed by atoms with Crippen molar-refractivity contribution < 1.29 is 14.4 Å². The average Bonchev–Trinajstić information content (AvgIpc) is 3.18. The van der Waals surface area contributed by atoms with Gasteiger partial charge in [0.25, 0.3) is 0 Å². The van der Waals surface area contributed by atoms with Crippen LogP contribution in [0.25, 0.3) is 0 Å². The Morgan fingerprint density at radius 3 is 2.22 bits per heavy atom. The zero-order valence-electron chi connectivity index (χ0n) is 18.5. The SMILES string of the molecule is Cn1ccnc1C(=O)c1ccc(NC(=O)CCNC(=O)C23CC4CC(CC(C4)C2)C3)cc1. The van der Waals surface area contributed by atoms with Gasteiger partial charge in [-0.3, -0.25) is 14.4 Å². The molecule has 0 aliphatic heterocycles. The van der Waals surface area contributed by atoms with Crippen molar-refractivity contribution in [2.75, 3.05) is 11.9 Å². The number of aryl methyl sites for hydroxylation is 1. The van der Waals surface area contributed by atoms with Crippen molar-refractivity contribution in [1.29, 1.82) is 0 Å². The van der Waals surface area contributed by atoms with Crippen LogP contribution in [0, 0.1) is 23.2 Å². The Labute approximate surface area is 188 Å². The highest BCUT2D eigenvalue weighted by molar-refractivity contribution is 6.07. The van der Waals surface area contributed by atoms with Gasteiger partial charge in [-0.05, 0) is 80.5 Å². The third kappa shape index (κ3) is 3.96. The molecule has 2 aromatic rings. The summed E-state index contributed by atoms with van der Waals surface area (Å²) in [6, 6.07) is 6.78. The zero-order chi connectivity index (χ0) is 22.3. The number of imidazole rings is 1. The molecule has 4 aliphatic rings. The molecule has 0 radical (unpaired) electrons. The van der Waals surface area contributed by atoms with E-state index in [1.807, 2.05) is 0 Å². The van der Waals surface area contributed by atoms with E-state index < -0.39 is 0 Å². The first kappa shape index (κ1) is 20.9. The van der Waals surface area contributed by atoms with Crippen LogP contribution in [-0.2, 0) is 16.6 Å². The van der Waals surface area contributed by atoms with Crippen LogP contribution in [0.1, 0.15) is 61.1 Å². The number of anilines is 1.